The van der Waals surface area contributed by atoms with Gasteiger partial charge in [0.15, 0.2) is 0 Å². The molecule has 0 aromatic heterocycles. The summed E-state index contributed by atoms with van der Waals surface area (Å²) in [5.41, 5.74) is 0. The fraction of sp³-hybridized carbons (Fsp3) is 1.00. The molecule has 72 valence electrons. The Morgan fingerprint density at radius 1 is 1.50 bits per heavy atom. The van der Waals surface area contributed by atoms with Gasteiger partial charge in [-0.25, -0.2) is 17.4 Å². The number of hydrogen-bond donors (Lipinski definition) is 0. The van der Waals surface area contributed by atoms with E-state index >= 15 is 0 Å². The summed E-state index contributed by atoms with van der Waals surface area (Å²) in [6.07, 6.45) is -0.276. The second-order valence-corrected chi connectivity index (χ2v) is 5.88. The molecule has 5 heteroatoms. The molecule has 0 aromatic carbocycles. The molecule has 1 rings (SSSR count). The Morgan fingerprint density at radius 2 is 2.08 bits per heavy atom. The van der Waals surface area contributed by atoms with Crippen LogP contribution < -0.4 is 0 Å². The predicted octanol–water partition coefficient (Wildman–Crippen LogP) is 1.90. The molecule has 0 saturated carbocycles. The quantitative estimate of drug-likeness (QED) is 0.631. The van der Waals surface area contributed by atoms with E-state index in [1.807, 2.05) is 0 Å². The van der Waals surface area contributed by atoms with Crippen molar-refractivity contribution >= 4 is 9.73 Å². The van der Waals surface area contributed by atoms with Crippen LogP contribution in [-0.2, 0) is 9.73 Å². The number of alkyl halides is 2. The lowest BCUT2D eigenvalue weighted by Crippen LogP contribution is -2.17. The van der Waals surface area contributed by atoms with Crippen molar-refractivity contribution in [2.24, 2.45) is 4.36 Å². The first-order chi connectivity index (χ1) is 5.33. The lowest BCUT2D eigenvalue weighted by molar-refractivity contribution is 0.0306. The summed E-state index contributed by atoms with van der Waals surface area (Å²) in [5, 5.41) is 0. The molecular weight excluding hydrogens is 184 g/mol. The molecular formula is C7H13F2NOS. The molecule has 1 heterocycles. The summed E-state index contributed by atoms with van der Waals surface area (Å²) in [5.74, 6) is -3.24. The van der Waals surface area contributed by atoms with Crippen molar-refractivity contribution in [1.29, 1.82) is 0 Å². The minimum atomic E-state index is -2.75. The summed E-state index contributed by atoms with van der Waals surface area (Å²) in [6.45, 7) is 3.51. The first-order valence-corrected chi connectivity index (χ1v) is 5.78. The van der Waals surface area contributed by atoms with E-state index in [0.717, 1.165) is 0 Å². The zero-order valence-corrected chi connectivity index (χ0v) is 8.03. The van der Waals surface area contributed by atoms with Crippen LogP contribution in [0.2, 0.25) is 0 Å². The standard InChI is InChI=1S/C7H13F2NOS/c1-6(2)10-12(11)4-3-7(8,9)5-12/h6H,3-5H2,1-2H3. The summed E-state index contributed by atoms with van der Waals surface area (Å²) < 4.78 is 40.7. The van der Waals surface area contributed by atoms with Gasteiger partial charge in [0.25, 0.3) is 5.92 Å². The fourth-order valence-corrected chi connectivity index (χ4v) is 3.77. The first kappa shape index (κ1) is 9.89. The summed E-state index contributed by atoms with van der Waals surface area (Å²) in [7, 11) is -2.59. The van der Waals surface area contributed by atoms with E-state index in [0.29, 0.717) is 0 Å². The van der Waals surface area contributed by atoms with Crippen LogP contribution in [0.1, 0.15) is 20.3 Å². The molecule has 2 nitrogen and oxygen atoms in total. The van der Waals surface area contributed by atoms with Crippen molar-refractivity contribution in [3.63, 3.8) is 0 Å². The van der Waals surface area contributed by atoms with Gasteiger partial charge in [-0.05, 0) is 13.8 Å². The Kier molecular flexibility index (Phi) is 2.42. The number of rotatable bonds is 1. The lowest BCUT2D eigenvalue weighted by Gasteiger charge is -2.05. The highest BCUT2D eigenvalue weighted by Crippen LogP contribution is 2.30. The largest absolute Gasteiger partial charge is 0.261 e. The van der Waals surface area contributed by atoms with Gasteiger partial charge in [-0.1, -0.05) is 0 Å². The van der Waals surface area contributed by atoms with Crippen molar-refractivity contribution < 1.29 is 13.0 Å². The maximum absolute atomic E-state index is 12.7. The smallest absolute Gasteiger partial charge is 0.250 e. The van der Waals surface area contributed by atoms with E-state index in [9.17, 15) is 13.0 Å². The van der Waals surface area contributed by atoms with Gasteiger partial charge < -0.3 is 0 Å². The highest BCUT2D eigenvalue weighted by molar-refractivity contribution is 7.93. The molecule has 12 heavy (non-hydrogen) atoms. The molecule has 0 N–H and O–H groups in total. The molecule has 0 aliphatic carbocycles. The third-order valence-corrected chi connectivity index (χ3v) is 4.15. The van der Waals surface area contributed by atoms with E-state index < -0.39 is 21.4 Å². The van der Waals surface area contributed by atoms with Crippen LogP contribution in [0.4, 0.5) is 8.78 Å². The highest BCUT2D eigenvalue weighted by Gasteiger charge is 2.41. The molecule has 1 unspecified atom stereocenters. The molecule has 0 amide bonds. The Hall–Kier alpha value is -0.190. The highest BCUT2D eigenvalue weighted by atomic mass is 32.2. The van der Waals surface area contributed by atoms with Crippen LogP contribution >= 0.6 is 0 Å². The van der Waals surface area contributed by atoms with Crippen LogP contribution in [0.25, 0.3) is 0 Å². The van der Waals surface area contributed by atoms with Crippen molar-refractivity contribution in [3.8, 4) is 0 Å². The Bertz CT molecular complexity index is 279. The summed E-state index contributed by atoms with van der Waals surface area (Å²) in [4.78, 5) is 0. The Balaban J connectivity index is 2.86. The lowest BCUT2D eigenvalue weighted by atomic mass is 10.3. The van der Waals surface area contributed by atoms with E-state index in [-0.39, 0.29) is 18.2 Å². The average molecular weight is 197 g/mol. The van der Waals surface area contributed by atoms with E-state index in [2.05, 4.69) is 4.36 Å². The third kappa shape index (κ3) is 2.40. The SMILES string of the molecule is CC(C)N=S1(=O)CCC(F)(F)C1. The van der Waals surface area contributed by atoms with Gasteiger partial charge in [-0.15, -0.1) is 0 Å². The molecule has 1 aliphatic rings. The van der Waals surface area contributed by atoms with E-state index in [4.69, 9.17) is 0 Å². The van der Waals surface area contributed by atoms with Crippen molar-refractivity contribution in [3.05, 3.63) is 0 Å². The van der Waals surface area contributed by atoms with Gasteiger partial charge in [0, 0.05) is 12.2 Å². The Morgan fingerprint density at radius 3 is 2.42 bits per heavy atom. The third-order valence-electron chi connectivity index (χ3n) is 1.63. The molecule has 1 aliphatic heterocycles. The second kappa shape index (κ2) is 2.94. The van der Waals surface area contributed by atoms with Crippen LogP contribution in [0.15, 0.2) is 4.36 Å². The molecule has 1 atom stereocenters. The topological polar surface area (TPSA) is 29.4 Å². The average Bonchev–Trinajstić information content (AvgIpc) is 2.03. The van der Waals surface area contributed by atoms with Crippen molar-refractivity contribution in [2.45, 2.75) is 32.2 Å². The zero-order valence-electron chi connectivity index (χ0n) is 7.22. The molecule has 1 fully saturated rings. The van der Waals surface area contributed by atoms with Gasteiger partial charge >= 0.3 is 0 Å². The minimum Gasteiger partial charge on any atom is -0.250 e. The van der Waals surface area contributed by atoms with Gasteiger partial charge in [0.2, 0.25) is 0 Å². The summed E-state index contributed by atoms with van der Waals surface area (Å²) >= 11 is 0. The fourth-order valence-electron chi connectivity index (χ4n) is 1.26. The molecule has 0 aromatic rings. The van der Waals surface area contributed by atoms with Gasteiger partial charge in [-0.2, -0.15) is 0 Å². The van der Waals surface area contributed by atoms with Crippen LogP contribution in [0.3, 0.4) is 0 Å². The van der Waals surface area contributed by atoms with Gasteiger partial charge in [0.1, 0.15) is 0 Å². The molecule has 0 radical (unpaired) electrons. The minimum absolute atomic E-state index is 0.0537. The maximum Gasteiger partial charge on any atom is 0.261 e. The molecule has 0 bridgehead atoms. The normalized spacial score (nSPS) is 34.1. The molecule has 0 spiro atoms. The van der Waals surface area contributed by atoms with E-state index in [1.54, 1.807) is 13.8 Å². The van der Waals surface area contributed by atoms with Gasteiger partial charge in [-0.3, -0.25) is 0 Å². The summed E-state index contributed by atoms with van der Waals surface area (Å²) in [6, 6.07) is -0.119. The van der Waals surface area contributed by atoms with Crippen LogP contribution in [0.5, 0.6) is 0 Å². The van der Waals surface area contributed by atoms with E-state index in [1.165, 1.54) is 0 Å². The van der Waals surface area contributed by atoms with Crippen LogP contribution in [-0.4, -0.2) is 27.7 Å². The zero-order chi connectivity index (χ0) is 9.41. The van der Waals surface area contributed by atoms with Crippen LogP contribution in [0, 0.1) is 0 Å². The molecule has 1 saturated heterocycles. The second-order valence-electron chi connectivity index (χ2n) is 3.43. The predicted molar refractivity (Wildman–Crippen MR) is 45.0 cm³/mol. The first-order valence-electron chi connectivity index (χ1n) is 3.92. The van der Waals surface area contributed by atoms with Crippen molar-refractivity contribution in [1.82, 2.24) is 0 Å². The van der Waals surface area contributed by atoms with Crippen molar-refractivity contribution in [2.75, 3.05) is 11.5 Å². The number of hydrogen-bond acceptors (Lipinski definition) is 2. The maximum atomic E-state index is 12.7. The number of halogens is 2. The van der Waals surface area contributed by atoms with Gasteiger partial charge in [0.05, 0.1) is 21.5 Å². The Labute approximate surface area is 71.5 Å². The monoisotopic (exact) mass is 197 g/mol. The number of nitrogens with zero attached hydrogens (tertiary/aromatic N) is 1.